The van der Waals surface area contributed by atoms with Crippen LogP contribution in [0.5, 0.6) is 0 Å². The van der Waals surface area contributed by atoms with Crippen molar-refractivity contribution < 1.29 is 13.9 Å². The van der Waals surface area contributed by atoms with Gasteiger partial charge in [-0.15, -0.1) is 10.2 Å². The highest BCUT2D eigenvalue weighted by Gasteiger charge is 2.47. The highest BCUT2D eigenvalue weighted by Crippen LogP contribution is 2.48. The molecule has 9 nitrogen and oxygen atoms in total. The van der Waals surface area contributed by atoms with Gasteiger partial charge in [0, 0.05) is 46.2 Å². The van der Waals surface area contributed by atoms with E-state index in [0.717, 1.165) is 38.9 Å². The summed E-state index contributed by atoms with van der Waals surface area (Å²) < 4.78 is 12.6. The van der Waals surface area contributed by atoms with Gasteiger partial charge < -0.3 is 18.6 Å². The molecule has 1 atom stereocenters. The molecular formula is C18H26N6O3. The van der Waals surface area contributed by atoms with Crippen LogP contribution >= 0.6 is 0 Å². The molecule has 4 rings (SSSR count). The van der Waals surface area contributed by atoms with Crippen LogP contribution in [0.2, 0.25) is 0 Å². The summed E-state index contributed by atoms with van der Waals surface area (Å²) in [5, 5.41) is 8.28. The topological polar surface area (TPSA) is 89.5 Å². The largest absolute Gasteiger partial charge is 0.421 e. The lowest BCUT2D eigenvalue weighted by atomic mass is 9.76. The summed E-state index contributed by atoms with van der Waals surface area (Å²) in [6.07, 6.45) is 6.39. The molecule has 2 saturated heterocycles. The number of carbonyl (C=O) groups is 1. The Morgan fingerprint density at radius 3 is 2.78 bits per heavy atom. The van der Waals surface area contributed by atoms with Gasteiger partial charge in [-0.2, -0.15) is 0 Å². The van der Waals surface area contributed by atoms with E-state index in [1.165, 1.54) is 0 Å². The number of piperidine rings is 1. The zero-order valence-corrected chi connectivity index (χ0v) is 16.1. The third kappa shape index (κ3) is 3.37. The average Bonchev–Trinajstić information content (AvgIpc) is 3.35. The maximum absolute atomic E-state index is 12.7. The smallest absolute Gasteiger partial charge is 0.289 e. The Kier molecular flexibility index (Phi) is 4.73. The molecule has 0 aromatic carbocycles. The molecule has 1 amide bonds. The van der Waals surface area contributed by atoms with E-state index in [0.29, 0.717) is 24.2 Å². The Morgan fingerprint density at radius 1 is 1.33 bits per heavy atom. The lowest BCUT2D eigenvalue weighted by Gasteiger charge is -2.39. The van der Waals surface area contributed by atoms with E-state index in [2.05, 4.69) is 27.1 Å². The first-order chi connectivity index (χ1) is 13.0. The first-order valence-electron chi connectivity index (χ1n) is 9.29. The molecule has 2 aliphatic rings. The number of ether oxygens (including phenoxy) is 1. The molecule has 0 aliphatic carbocycles. The molecule has 0 N–H and O–H groups in total. The number of hydrogen-bond acceptors (Lipinski definition) is 7. The molecule has 0 bridgehead atoms. The van der Waals surface area contributed by atoms with Gasteiger partial charge in [0.15, 0.2) is 5.82 Å². The summed E-state index contributed by atoms with van der Waals surface area (Å²) in [5.41, 5.74) is 0.188. The number of rotatable bonds is 4. The minimum absolute atomic E-state index is 0.0151. The molecule has 2 fully saturated rings. The molecule has 9 heteroatoms. The predicted molar refractivity (Wildman–Crippen MR) is 95.8 cm³/mol. The number of amides is 1. The van der Waals surface area contributed by atoms with Crippen molar-refractivity contribution in [2.45, 2.75) is 31.9 Å². The van der Waals surface area contributed by atoms with Crippen LogP contribution in [0.1, 0.15) is 47.7 Å². The van der Waals surface area contributed by atoms with Crippen LogP contribution in [0.3, 0.4) is 0 Å². The Morgan fingerprint density at radius 2 is 2.11 bits per heavy atom. The molecule has 0 radical (unpaired) electrons. The van der Waals surface area contributed by atoms with E-state index < -0.39 is 0 Å². The quantitative estimate of drug-likeness (QED) is 0.795. The molecule has 2 aromatic rings. The fourth-order valence-corrected chi connectivity index (χ4v) is 4.39. The highest BCUT2D eigenvalue weighted by atomic mass is 16.5. The SMILES string of the molecule is COCc1nnc(C2CC3(CCN(C(=O)c4nccn4C)CC3)CN2C)o1. The van der Waals surface area contributed by atoms with Crippen molar-refractivity contribution in [2.24, 2.45) is 12.5 Å². The number of hydrogen-bond donors (Lipinski definition) is 0. The Balaban J connectivity index is 1.41. The number of aryl methyl sites for hydroxylation is 1. The molecule has 4 heterocycles. The lowest BCUT2D eigenvalue weighted by molar-refractivity contribution is 0.0578. The minimum atomic E-state index is 0.0151. The highest BCUT2D eigenvalue weighted by molar-refractivity contribution is 5.90. The number of carbonyl (C=O) groups excluding carboxylic acids is 1. The van der Waals surface area contributed by atoms with E-state index in [4.69, 9.17) is 9.15 Å². The molecular weight excluding hydrogens is 348 g/mol. The third-order valence-electron chi connectivity index (χ3n) is 5.90. The van der Waals surface area contributed by atoms with E-state index in [1.54, 1.807) is 24.1 Å². The van der Waals surface area contributed by atoms with Crippen LogP contribution in [0.15, 0.2) is 16.8 Å². The summed E-state index contributed by atoms with van der Waals surface area (Å²) >= 11 is 0. The molecule has 1 unspecified atom stereocenters. The summed E-state index contributed by atoms with van der Waals surface area (Å²) in [7, 11) is 5.57. The molecule has 1 spiro atoms. The van der Waals surface area contributed by atoms with E-state index in [9.17, 15) is 4.79 Å². The molecule has 146 valence electrons. The van der Waals surface area contributed by atoms with Crippen LogP contribution in [0.25, 0.3) is 0 Å². The van der Waals surface area contributed by atoms with Gasteiger partial charge in [0.2, 0.25) is 11.8 Å². The fraction of sp³-hybridized carbons (Fsp3) is 0.667. The third-order valence-corrected chi connectivity index (χ3v) is 5.90. The van der Waals surface area contributed by atoms with Crippen molar-refractivity contribution in [1.82, 2.24) is 29.5 Å². The van der Waals surface area contributed by atoms with Crippen LogP contribution in [0.4, 0.5) is 0 Å². The lowest BCUT2D eigenvalue weighted by Crippen LogP contribution is -2.44. The predicted octanol–water partition coefficient (Wildman–Crippen LogP) is 1.25. The maximum atomic E-state index is 12.7. The molecule has 0 saturated carbocycles. The van der Waals surface area contributed by atoms with Gasteiger partial charge in [0.05, 0.1) is 6.04 Å². The molecule has 2 aliphatic heterocycles. The number of likely N-dealkylation sites (tertiary alicyclic amines) is 2. The average molecular weight is 374 g/mol. The van der Waals surface area contributed by atoms with Crippen LogP contribution in [-0.2, 0) is 18.4 Å². The number of imidazole rings is 1. The summed E-state index contributed by atoms with van der Waals surface area (Å²) in [6.45, 7) is 2.82. The number of aromatic nitrogens is 4. The standard InChI is InChI=1S/C18H26N6O3/c1-22-9-6-19-15(22)17(25)24-7-4-18(5-8-24)10-13(23(2)12-18)16-21-20-14(27-16)11-26-3/h6,9,13H,4-5,7-8,10-12H2,1-3H3. The van der Waals surface area contributed by atoms with Gasteiger partial charge in [-0.1, -0.05) is 0 Å². The van der Waals surface area contributed by atoms with E-state index in [-0.39, 0.29) is 17.4 Å². The Bertz CT molecular complexity index is 808. The zero-order chi connectivity index (χ0) is 19.0. The van der Waals surface area contributed by atoms with Gasteiger partial charge in [0.1, 0.15) is 6.61 Å². The first kappa shape index (κ1) is 18.1. The monoisotopic (exact) mass is 374 g/mol. The van der Waals surface area contributed by atoms with Crippen LogP contribution < -0.4 is 0 Å². The van der Waals surface area contributed by atoms with Gasteiger partial charge in [-0.3, -0.25) is 9.69 Å². The van der Waals surface area contributed by atoms with Crippen LogP contribution in [0, 0.1) is 5.41 Å². The van der Waals surface area contributed by atoms with Crippen molar-refractivity contribution in [3.8, 4) is 0 Å². The maximum Gasteiger partial charge on any atom is 0.289 e. The van der Waals surface area contributed by atoms with Gasteiger partial charge in [0.25, 0.3) is 5.91 Å². The first-order valence-corrected chi connectivity index (χ1v) is 9.29. The van der Waals surface area contributed by atoms with Crippen molar-refractivity contribution in [3.05, 3.63) is 30.0 Å². The number of nitrogens with zero attached hydrogens (tertiary/aromatic N) is 6. The minimum Gasteiger partial charge on any atom is -0.421 e. The normalized spacial score (nSPS) is 22.6. The Hall–Kier alpha value is -2.26. The van der Waals surface area contributed by atoms with E-state index in [1.807, 2.05) is 11.9 Å². The molecule has 27 heavy (non-hydrogen) atoms. The Labute approximate surface area is 158 Å². The molecule has 2 aromatic heterocycles. The second kappa shape index (κ2) is 7.05. The van der Waals surface area contributed by atoms with Gasteiger partial charge >= 0.3 is 0 Å². The van der Waals surface area contributed by atoms with Gasteiger partial charge in [-0.25, -0.2) is 4.98 Å². The second-order valence-electron chi connectivity index (χ2n) is 7.76. The van der Waals surface area contributed by atoms with E-state index >= 15 is 0 Å². The second-order valence-corrected chi connectivity index (χ2v) is 7.76. The zero-order valence-electron chi connectivity index (χ0n) is 16.1. The summed E-state index contributed by atoms with van der Waals surface area (Å²) in [5.74, 6) is 1.69. The van der Waals surface area contributed by atoms with Crippen molar-refractivity contribution in [2.75, 3.05) is 33.8 Å². The number of methoxy groups -OCH3 is 1. The van der Waals surface area contributed by atoms with Crippen molar-refractivity contribution >= 4 is 5.91 Å². The summed E-state index contributed by atoms with van der Waals surface area (Å²) in [4.78, 5) is 21.1. The fourth-order valence-electron chi connectivity index (χ4n) is 4.39. The van der Waals surface area contributed by atoms with Crippen molar-refractivity contribution in [1.29, 1.82) is 0 Å². The van der Waals surface area contributed by atoms with Gasteiger partial charge in [-0.05, 0) is 31.7 Å². The summed E-state index contributed by atoms with van der Waals surface area (Å²) in [6, 6.07) is 0.125. The van der Waals surface area contributed by atoms with Crippen molar-refractivity contribution in [3.63, 3.8) is 0 Å². The van der Waals surface area contributed by atoms with Crippen LogP contribution in [-0.4, -0.2) is 69.2 Å².